The Balaban J connectivity index is 1.53. The van der Waals surface area contributed by atoms with Gasteiger partial charge < -0.3 is 0 Å². The number of nitrogens with zero attached hydrogens (tertiary/aromatic N) is 5. The average molecular weight is 585 g/mol. The molecule has 5 heteroatoms. The van der Waals surface area contributed by atoms with Crippen molar-refractivity contribution in [3.63, 3.8) is 0 Å². The molecule has 4 heterocycles. The smallest absolute Gasteiger partial charge is 0.164 e. The van der Waals surface area contributed by atoms with Crippen LogP contribution in [0.15, 0.2) is 151 Å². The zero-order valence-electron chi connectivity index (χ0n) is 43.0. The van der Waals surface area contributed by atoms with E-state index in [1.807, 2.05) is 0 Å². The molecule has 0 bridgehead atoms. The van der Waals surface area contributed by atoms with Gasteiger partial charge in [-0.1, -0.05) is 96.7 Å². The summed E-state index contributed by atoms with van der Waals surface area (Å²) in [4.78, 5) is 13.6. The molecule has 0 N–H and O–H groups in total. The maximum Gasteiger partial charge on any atom is 0.164 e. The number of aromatic nitrogens is 5. The number of para-hydroxylation sites is 4. The molecule has 5 aromatic carbocycles. The summed E-state index contributed by atoms with van der Waals surface area (Å²) in [5.74, 6) is -1.11. The van der Waals surface area contributed by atoms with Gasteiger partial charge in [-0.3, -0.25) is 9.13 Å². The quantitative estimate of drug-likeness (QED) is 0.207. The second kappa shape index (κ2) is 9.75. The Morgan fingerprint density at radius 2 is 1.14 bits per heavy atom. The molecule has 0 fully saturated rings. The highest BCUT2D eigenvalue weighted by Gasteiger charge is 2.20. The number of benzene rings is 5. The van der Waals surface area contributed by atoms with Crippen LogP contribution in [0.25, 0.3) is 77.9 Å². The van der Waals surface area contributed by atoms with Crippen LogP contribution in [0.2, 0.25) is 0 Å². The highest BCUT2D eigenvalue weighted by Crippen LogP contribution is 2.37. The van der Waals surface area contributed by atoms with E-state index in [0.29, 0.717) is 0 Å². The molecule has 0 aliphatic rings. The maximum absolute atomic E-state index is 9.64. The molecule has 0 atom stereocenters. The number of rotatable bonds is 4. The van der Waals surface area contributed by atoms with E-state index in [9.17, 15) is 1.37 Å². The van der Waals surface area contributed by atoms with E-state index >= 15 is 0 Å². The minimum absolute atomic E-state index is 0.0525. The Hall–Kier alpha value is -6.07. The van der Waals surface area contributed by atoms with Gasteiger partial charge in [0.25, 0.3) is 0 Å². The summed E-state index contributed by atoms with van der Waals surface area (Å²) >= 11 is 0. The third-order valence-corrected chi connectivity index (χ3v) is 7.01. The molecular formula is C39H25N5. The Labute approximate surface area is 282 Å². The van der Waals surface area contributed by atoms with Crippen molar-refractivity contribution >= 4 is 43.7 Å². The molecule has 0 unspecified atom stereocenters. The third-order valence-electron chi connectivity index (χ3n) is 7.01. The van der Waals surface area contributed by atoms with E-state index in [1.54, 1.807) is 0 Å². The molecule has 0 aliphatic heterocycles. The minimum atomic E-state index is -0.822. The Morgan fingerprint density at radius 1 is 0.545 bits per heavy atom. The fourth-order valence-electron chi connectivity index (χ4n) is 5.21. The van der Waals surface area contributed by atoms with Crippen molar-refractivity contribution in [2.45, 2.75) is 0 Å². The van der Waals surface area contributed by atoms with Crippen LogP contribution in [0, 0.1) is 0 Å². The summed E-state index contributed by atoms with van der Waals surface area (Å²) < 4.78 is 185. The number of hydrogen-bond donors (Lipinski definition) is 0. The van der Waals surface area contributed by atoms with Crippen LogP contribution in [0.3, 0.4) is 0 Å². The van der Waals surface area contributed by atoms with Gasteiger partial charge in [0.05, 0.1) is 56.7 Å². The molecule has 44 heavy (non-hydrogen) atoms. The largest absolute Gasteiger partial charge is 0.294 e. The van der Waals surface area contributed by atoms with E-state index in [1.165, 1.54) is 28.8 Å². The van der Waals surface area contributed by atoms with Crippen molar-refractivity contribution in [2.24, 2.45) is 0 Å². The summed E-state index contributed by atoms with van der Waals surface area (Å²) in [5.41, 5.74) is -2.84. The van der Waals surface area contributed by atoms with Crippen LogP contribution < -0.4 is 0 Å². The third kappa shape index (κ3) is 3.69. The number of hydrogen-bond acceptors (Lipinski definition) is 3. The zero-order valence-corrected chi connectivity index (χ0v) is 22.0. The van der Waals surface area contributed by atoms with Crippen LogP contribution in [0.1, 0.15) is 28.8 Å². The van der Waals surface area contributed by atoms with Gasteiger partial charge in [-0.2, -0.15) is 0 Å². The van der Waals surface area contributed by atoms with Crippen molar-refractivity contribution in [3.8, 4) is 34.2 Å². The van der Waals surface area contributed by atoms with Crippen LogP contribution in [0.5, 0.6) is 0 Å². The molecule has 0 saturated carbocycles. The van der Waals surface area contributed by atoms with E-state index in [-0.39, 0.29) is 44.0 Å². The zero-order chi connectivity index (χ0) is 47.3. The first-order valence-electron chi connectivity index (χ1n) is 23.5. The molecule has 0 spiro atoms. The van der Waals surface area contributed by atoms with Crippen LogP contribution in [0.4, 0.5) is 0 Å². The SMILES string of the molecule is [2H]c1nc2c(c([2H])c1[2H])c1c([2H])c([2H])c([2H])c([2H])c1n2-c1ccccc1-c1nc(-c2c([2H])c([2H])c([2H])c([2H])c2[2H])c([2H])c(-n2c3c([2H])c([2H])c([2H])c([2H])c3c3c([2H])c([2H])c([2H])c([2H])c32)n1. The molecule has 0 amide bonds. The van der Waals surface area contributed by atoms with Gasteiger partial charge in [0.15, 0.2) is 5.82 Å². The first kappa shape index (κ1) is 11.5. The van der Waals surface area contributed by atoms with Crippen LogP contribution in [-0.4, -0.2) is 24.1 Å². The van der Waals surface area contributed by atoms with Crippen LogP contribution in [-0.2, 0) is 0 Å². The lowest BCUT2D eigenvalue weighted by atomic mass is 10.1. The highest BCUT2D eigenvalue weighted by atomic mass is 15.1. The van der Waals surface area contributed by atoms with Gasteiger partial charge >= 0.3 is 0 Å². The molecule has 5 nitrogen and oxygen atoms in total. The fourth-order valence-corrected chi connectivity index (χ4v) is 5.21. The highest BCUT2D eigenvalue weighted by molar-refractivity contribution is 6.09. The predicted octanol–water partition coefficient (Wildman–Crippen LogP) is 9.40. The van der Waals surface area contributed by atoms with E-state index in [0.717, 1.165) is 4.57 Å². The van der Waals surface area contributed by atoms with E-state index in [4.69, 9.17) is 32.4 Å². The minimum Gasteiger partial charge on any atom is -0.294 e. The predicted molar refractivity (Wildman–Crippen MR) is 179 cm³/mol. The number of pyridine rings is 1. The molecule has 0 saturated heterocycles. The van der Waals surface area contributed by atoms with E-state index in [2.05, 4.69) is 9.97 Å². The van der Waals surface area contributed by atoms with E-state index < -0.39 is 161 Å². The summed E-state index contributed by atoms with van der Waals surface area (Å²) in [6, 6.07) is -8.83. The molecule has 0 aliphatic carbocycles. The molecule has 9 rings (SSSR count). The van der Waals surface area contributed by atoms with Gasteiger partial charge in [0.2, 0.25) is 0 Å². The lowest BCUT2D eigenvalue weighted by Crippen LogP contribution is -2.05. The second-order valence-electron chi connectivity index (χ2n) is 9.38. The summed E-state index contributed by atoms with van der Waals surface area (Å²) in [6.07, 6.45) is -0.680. The Bertz CT molecular complexity index is 3590. The first-order valence-corrected chi connectivity index (χ1v) is 13.0. The van der Waals surface area contributed by atoms with Gasteiger partial charge in [-0.15, -0.1) is 0 Å². The topological polar surface area (TPSA) is 48.5 Å². The van der Waals surface area contributed by atoms with Gasteiger partial charge in [-0.05, 0) is 42.3 Å². The molecule has 0 radical (unpaired) electrons. The molecular weight excluding hydrogens is 538 g/mol. The van der Waals surface area contributed by atoms with Crippen molar-refractivity contribution in [2.75, 3.05) is 0 Å². The molecule has 9 aromatic rings. The van der Waals surface area contributed by atoms with Crippen molar-refractivity contribution in [3.05, 3.63) is 151 Å². The normalized spacial score (nSPS) is 18.3. The fraction of sp³-hybridized carbons (Fsp3) is 0. The van der Waals surface area contributed by atoms with Gasteiger partial charge in [0, 0.05) is 44.9 Å². The summed E-state index contributed by atoms with van der Waals surface area (Å²) in [7, 11) is 0. The summed E-state index contributed by atoms with van der Waals surface area (Å²) in [6.45, 7) is 0. The lowest BCUT2D eigenvalue weighted by molar-refractivity contribution is 1.04. The Kier molecular flexibility index (Phi) is 2.56. The number of fused-ring (bicyclic) bond motifs is 6. The van der Waals surface area contributed by atoms with Crippen LogP contribution >= 0.6 is 0 Å². The van der Waals surface area contributed by atoms with Gasteiger partial charge in [-0.25, -0.2) is 15.0 Å². The second-order valence-corrected chi connectivity index (χ2v) is 9.38. The monoisotopic (exact) mass is 584 g/mol. The van der Waals surface area contributed by atoms with Crippen molar-refractivity contribution in [1.82, 2.24) is 24.1 Å². The van der Waals surface area contributed by atoms with Gasteiger partial charge in [0.1, 0.15) is 11.5 Å². The maximum atomic E-state index is 9.64. The van der Waals surface area contributed by atoms with Crippen molar-refractivity contribution < 1.29 is 28.8 Å². The van der Waals surface area contributed by atoms with Crippen molar-refractivity contribution in [1.29, 1.82) is 0 Å². The molecule has 4 aromatic heterocycles. The summed E-state index contributed by atoms with van der Waals surface area (Å²) in [5, 5.41) is -1.18. The standard InChI is InChI=1S/C39H25N5/c1-2-13-26(14-3-1)32-25-37(43-33-20-8-4-15-27(33)28-16-5-9-21-34(28)43)42-38(41-32)31-18-7-11-23-36(31)44-35-22-10-6-17-29(35)30-19-12-24-40-39(30)44/h1-25H/i1D,2D,3D,4D,5D,6D,8D,9D,10D,12D,13D,14D,15D,16D,17D,19D,20D,21D,22D,24D,25D. The average Bonchev–Trinajstić information content (AvgIpc) is 3.83. The Morgan fingerprint density at radius 3 is 1.86 bits per heavy atom. The molecule has 206 valence electrons. The lowest BCUT2D eigenvalue weighted by Gasteiger charge is -2.15. The first-order chi connectivity index (χ1) is 30.6.